The summed E-state index contributed by atoms with van der Waals surface area (Å²) in [5.41, 5.74) is 2.87. The van der Waals surface area contributed by atoms with Crippen LogP contribution in [0.4, 0.5) is 13.2 Å². The number of aryl methyl sites for hydroxylation is 1. The van der Waals surface area contributed by atoms with Gasteiger partial charge in [-0.1, -0.05) is 13.8 Å². The maximum atomic E-state index is 11.9. The van der Waals surface area contributed by atoms with Crippen LogP contribution in [0.3, 0.4) is 0 Å². The van der Waals surface area contributed by atoms with Crippen LogP contribution in [0.1, 0.15) is 30.8 Å². The molecule has 1 heterocycles. The summed E-state index contributed by atoms with van der Waals surface area (Å²) in [4.78, 5) is 0. The Labute approximate surface area is 115 Å². The van der Waals surface area contributed by atoms with Crippen LogP contribution in [0.5, 0.6) is 0 Å². The molecule has 0 aliphatic rings. The predicted molar refractivity (Wildman–Crippen MR) is 67.4 cm³/mol. The van der Waals surface area contributed by atoms with Gasteiger partial charge in [0.1, 0.15) is 6.61 Å². The van der Waals surface area contributed by atoms with Gasteiger partial charge in [-0.3, -0.25) is 4.68 Å². The summed E-state index contributed by atoms with van der Waals surface area (Å²) in [7, 11) is 0. The Hall–Kier alpha value is -0.750. The summed E-state index contributed by atoms with van der Waals surface area (Å²) in [5, 5.41) is 4.38. The van der Waals surface area contributed by atoms with Gasteiger partial charge in [0.25, 0.3) is 0 Å². The van der Waals surface area contributed by atoms with Gasteiger partial charge in [0.05, 0.1) is 24.7 Å². The lowest BCUT2D eigenvalue weighted by Crippen LogP contribution is -2.19. The van der Waals surface area contributed by atoms with Crippen molar-refractivity contribution in [3.8, 4) is 0 Å². The molecular weight excluding hydrogens is 281 g/mol. The zero-order valence-corrected chi connectivity index (χ0v) is 11.8. The molecule has 110 valence electrons. The molecule has 0 unspecified atom stereocenters. The van der Waals surface area contributed by atoms with Crippen molar-refractivity contribution in [1.82, 2.24) is 9.78 Å². The van der Waals surface area contributed by atoms with Crippen molar-refractivity contribution >= 4 is 11.6 Å². The van der Waals surface area contributed by atoms with Gasteiger partial charge in [-0.2, -0.15) is 18.3 Å². The van der Waals surface area contributed by atoms with Crippen LogP contribution in [0.2, 0.25) is 0 Å². The normalized spacial score (nSPS) is 12.1. The SMILES string of the molecule is CCc1nn(CCOCC(F)(F)F)c(CC)c1CCl. The van der Waals surface area contributed by atoms with Gasteiger partial charge in [-0.05, 0) is 12.8 Å². The maximum absolute atomic E-state index is 11.9. The first kappa shape index (κ1) is 16.3. The van der Waals surface area contributed by atoms with Crippen molar-refractivity contribution in [3.05, 3.63) is 17.0 Å². The van der Waals surface area contributed by atoms with E-state index >= 15 is 0 Å². The highest BCUT2D eigenvalue weighted by Gasteiger charge is 2.27. The van der Waals surface area contributed by atoms with Gasteiger partial charge in [0.15, 0.2) is 0 Å². The molecule has 19 heavy (non-hydrogen) atoms. The summed E-state index contributed by atoms with van der Waals surface area (Å²) in [6.45, 7) is 3.02. The number of rotatable bonds is 7. The van der Waals surface area contributed by atoms with Crippen LogP contribution in [-0.4, -0.2) is 29.2 Å². The minimum atomic E-state index is -4.28. The van der Waals surface area contributed by atoms with Crippen LogP contribution in [0, 0.1) is 0 Å². The maximum Gasteiger partial charge on any atom is 0.411 e. The minimum absolute atomic E-state index is 0.0148. The molecule has 7 heteroatoms. The fraction of sp³-hybridized carbons (Fsp3) is 0.750. The molecule has 0 saturated carbocycles. The van der Waals surface area contributed by atoms with Crippen molar-refractivity contribution in [2.45, 2.75) is 45.3 Å². The molecule has 0 atom stereocenters. The minimum Gasteiger partial charge on any atom is -0.370 e. The van der Waals surface area contributed by atoms with Crippen LogP contribution in [-0.2, 0) is 30.0 Å². The van der Waals surface area contributed by atoms with E-state index < -0.39 is 12.8 Å². The van der Waals surface area contributed by atoms with Crippen LogP contribution in [0.25, 0.3) is 0 Å². The molecule has 1 rings (SSSR count). The zero-order chi connectivity index (χ0) is 14.5. The number of alkyl halides is 4. The van der Waals surface area contributed by atoms with Crippen molar-refractivity contribution in [1.29, 1.82) is 0 Å². The number of hydrogen-bond donors (Lipinski definition) is 0. The molecule has 3 nitrogen and oxygen atoms in total. The van der Waals surface area contributed by atoms with E-state index in [1.165, 1.54) is 0 Å². The van der Waals surface area contributed by atoms with Crippen molar-refractivity contribution in [2.24, 2.45) is 0 Å². The summed E-state index contributed by atoms with van der Waals surface area (Å²) in [6.07, 6.45) is -2.78. The molecule has 0 N–H and O–H groups in total. The standard InChI is InChI=1S/C12H18ClF3N2O/c1-3-10-9(7-13)11(4-2)18(17-10)5-6-19-8-12(14,15)16/h3-8H2,1-2H3. The molecule has 0 aliphatic carbocycles. The Morgan fingerprint density at radius 3 is 2.42 bits per heavy atom. The largest absolute Gasteiger partial charge is 0.411 e. The van der Waals surface area contributed by atoms with E-state index in [0.717, 1.165) is 29.8 Å². The Bertz CT molecular complexity index is 404. The zero-order valence-electron chi connectivity index (χ0n) is 11.1. The number of aromatic nitrogens is 2. The molecule has 0 aromatic carbocycles. The molecule has 0 fully saturated rings. The first-order chi connectivity index (χ1) is 8.92. The molecule has 0 spiro atoms. The van der Waals surface area contributed by atoms with Gasteiger partial charge in [0, 0.05) is 11.3 Å². The first-order valence-electron chi connectivity index (χ1n) is 6.20. The monoisotopic (exact) mass is 298 g/mol. The van der Waals surface area contributed by atoms with E-state index in [2.05, 4.69) is 9.84 Å². The Kier molecular flexibility index (Phi) is 6.13. The molecule has 0 amide bonds. The average molecular weight is 299 g/mol. The number of hydrogen-bond acceptors (Lipinski definition) is 2. The van der Waals surface area contributed by atoms with Crippen molar-refractivity contribution < 1.29 is 17.9 Å². The molecule has 0 radical (unpaired) electrons. The highest BCUT2D eigenvalue weighted by molar-refractivity contribution is 6.17. The second kappa shape index (κ2) is 7.14. The quantitative estimate of drug-likeness (QED) is 0.570. The third-order valence-electron chi connectivity index (χ3n) is 2.77. The molecule has 0 bridgehead atoms. The second-order valence-electron chi connectivity index (χ2n) is 4.10. The van der Waals surface area contributed by atoms with Crippen LogP contribution in [0.15, 0.2) is 0 Å². The fourth-order valence-electron chi connectivity index (χ4n) is 1.95. The molecule has 1 aromatic heterocycles. The summed E-state index contributed by atoms with van der Waals surface area (Å²) in [5.74, 6) is 0.371. The number of nitrogens with zero attached hydrogens (tertiary/aromatic N) is 2. The predicted octanol–water partition coefficient (Wildman–Crippen LogP) is 3.33. The van der Waals surface area contributed by atoms with Crippen LogP contribution < -0.4 is 0 Å². The van der Waals surface area contributed by atoms with E-state index in [1.807, 2.05) is 13.8 Å². The topological polar surface area (TPSA) is 27.1 Å². The average Bonchev–Trinajstić information content (AvgIpc) is 2.70. The lowest BCUT2D eigenvalue weighted by atomic mass is 10.1. The molecule has 1 aromatic rings. The highest BCUT2D eigenvalue weighted by atomic mass is 35.5. The van der Waals surface area contributed by atoms with E-state index in [1.54, 1.807) is 4.68 Å². The fourth-order valence-corrected chi connectivity index (χ4v) is 2.26. The van der Waals surface area contributed by atoms with Gasteiger partial charge < -0.3 is 4.74 Å². The lowest BCUT2D eigenvalue weighted by Gasteiger charge is -2.09. The van der Waals surface area contributed by atoms with E-state index in [0.29, 0.717) is 12.4 Å². The number of ether oxygens (including phenoxy) is 1. The van der Waals surface area contributed by atoms with Gasteiger partial charge in [-0.15, -0.1) is 11.6 Å². The van der Waals surface area contributed by atoms with E-state index in [9.17, 15) is 13.2 Å². The second-order valence-corrected chi connectivity index (χ2v) is 4.37. The number of halogens is 4. The summed E-state index contributed by atoms with van der Waals surface area (Å²) < 4.78 is 42.1. The molecular formula is C12H18ClF3N2O. The Morgan fingerprint density at radius 2 is 1.95 bits per heavy atom. The third kappa shape index (κ3) is 4.69. The van der Waals surface area contributed by atoms with E-state index in [4.69, 9.17) is 11.6 Å². The summed E-state index contributed by atoms with van der Waals surface area (Å²) in [6, 6.07) is 0. The van der Waals surface area contributed by atoms with Crippen molar-refractivity contribution in [2.75, 3.05) is 13.2 Å². The lowest BCUT2D eigenvalue weighted by molar-refractivity contribution is -0.174. The summed E-state index contributed by atoms with van der Waals surface area (Å²) >= 11 is 5.90. The van der Waals surface area contributed by atoms with Crippen LogP contribution >= 0.6 is 11.6 Å². The Balaban J connectivity index is 2.65. The van der Waals surface area contributed by atoms with Gasteiger partial charge >= 0.3 is 6.18 Å². The smallest absolute Gasteiger partial charge is 0.370 e. The highest BCUT2D eigenvalue weighted by Crippen LogP contribution is 2.19. The Morgan fingerprint density at radius 1 is 1.26 bits per heavy atom. The first-order valence-corrected chi connectivity index (χ1v) is 6.74. The molecule has 0 saturated heterocycles. The van der Waals surface area contributed by atoms with Gasteiger partial charge in [0.2, 0.25) is 0 Å². The van der Waals surface area contributed by atoms with Gasteiger partial charge in [-0.25, -0.2) is 0 Å². The van der Waals surface area contributed by atoms with E-state index in [-0.39, 0.29) is 6.61 Å². The van der Waals surface area contributed by atoms with Crippen molar-refractivity contribution in [3.63, 3.8) is 0 Å². The third-order valence-corrected chi connectivity index (χ3v) is 3.03. The molecule has 0 aliphatic heterocycles.